The van der Waals surface area contributed by atoms with Crippen molar-refractivity contribution in [2.75, 3.05) is 5.32 Å². The van der Waals surface area contributed by atoms with Crippen molar-refractivity contribution in [1.29, 1.82) is 0 Å². The van der Waals surface area contributed by atoms with Crippen molar-refractivity contribution in [1.82, 2.24) is 4.98 Å². The van der Waals surface area contributed by atoms with Crippen molar-refractivity contribution in [3.05, 3.63) is 42.0 Å². The molecule has 17 heavy (non-hydrogen) atoms. The number of halogens is 3. The normalized spacial score (nSPS) is 10.3. The zero-order valence-corrected chi connectivity index (χ0v) is 13.8. The van der Waals surface area contributed by atoms with Crippen LogP contribution in [-0.2, 0) is 0 Å². The predicted octanol–water partition coefficient (Wildman–Crippen LogP) is 4.68. The SMILES string of the molecule is O=C(Nc1cccc(Br)n1)c1cc(Br)c(Br)s1. The molecule has 88 valence electrons. The second-order valence-corrected chi connectivity index (χ2v) is 7.07. The fraction of sp³-hybridized carbons (Fsp3) is 0. The lowest BCUT2D eigenvalue weighted by atomic mass is 10.4. The topological polar surface area (TPSA) is 42.0 Å². The van der Waals surface area contributed by atoms with Gasteiger partial charge in [-0.1, -0.05) is 6.07 Å². The third-order valence-electron chi connectivity index (χ3n) is 1.83. The summed E-state index contributed by atoms with van der Waals surface area (Å²) in [5, 5.41) is 2.73. The third-order valence-corrected chi connectivity index (χ3v) is 5.52. The second kappa shape index (κ2) is 5.60. The smallest absolute Gasteiger partial charge is 0.266 e. The molecule has 3 nitrogen and oxygen atoms in total. The first-order valence-electron chi connectivity index (χ1n) is 4.45. The van der Waals surface area contributed by atoms with Gasteiger partial charge < -0.3 is 5.32 Å². The average molecular weight is 441 g/mol. The summed E-state index contributed by atoms with van der Waals surface area (Å²) in [6.45, 7) is 0. The van der Waals surface area contributed by atoms with E-state index in [2.05, 4.69) is 58.1 Å². The van der Waals surface area contributed by atoms with Gasteiger partial charge in [0.05, 0.1) is 8.66 Å². The van der Waals surface area contributed by atoms with Crippen LogP contribution >= 0.6 is 59.1 Å². The van der Waals surface area contributed by atoms with Gasteiger partial charge >= 0.3 is 0 Å². The maximum Gasteiger partial charge on any atom is 0.266 e. The molecule has 0 radical (unpaired) electrons. The van der Waals surface area contributed by atoms with E-state index in [1.807, 2.05) is 6.07 Å². The number of anilines is 1. The fourth-order valence-corrected chi connectivity index (χ4v) is 3.39. The molecule has 0 saturated heterocycles. The Kier molecular flexibility index (Phi) is 4.35. The van der Waals surface area contributed by atoms with Crippen molar-refractivity contribution < 1.29 is 4.79 Å². The van der Waals surface area contributed by atoms with Crippen LogP contribution in [0.15, 0.2) is 37.1 Å². The van der Waals surface area contributed by atoms with Gasteiger partial charge in [-0.15, -0.1) is 11.3 Å². The molecule has 0 saturated carbocycles. The Bertz CT molecular complexity index is 551. The van der Waals surface area contributed by atoms with Gasteiger partial charge in [-0.3, -0.25) is 4.79 Å². The van der Waals surface area contributed by atoms with Gasteiger partial charge in [0, 0.05) is 4.47 Å². The van der Waals surface area contributed by atoms with Gasteiger partial charge in [-0.05, 0) is 66.0 Å². The van der Waals surface area contributed by atoms with Gasteiger partial charge in [0.2, 0.25) is 0 Å². The summed E-state index contributed by atoms with van der Waals surface area (Å²) in [5.74, 6) is 0.344. The summed E-state index contributed by atoms with van der Waals surface area (Å²) in [6.07, 6.45) is 0. The molecule has 0 atom stereocenters. The number of carbonyl (C=O) groups excluding carboxylic acids is 1. The minimum Gasteiger partial charge on any atom is -0.306 e. The molecule has 0 fully saturated rings. The molecular formula is C10H5Br3N2OS. The molecule has 0 aliphatic rings. The molecule has 1 N–H and O–H groups in total. The third kappa shape index (κ3) is 3.37. The zero-order chi connectivity index (χ0) is 12.4. The Morgan fingerprint density at radius 3 is 2.65 bits per heavy atom. The average Bonchev–Trinajstić information content (AvgIpc) is 2.59. The number of thiophene rings is 1. The van der Waals surface area contributed by atoms with Crippen molar-refractivity contribution in [3.63, 3.8) is 0 Å². The molecule has 0 bridgehead atoms. The zero-order valence-electron chi connectivity index (χ0n) is 8.21. The molecule has 0 aromatic carbocycles. The standard InChI is InChI=1S/C10H5Br3N2OS/c11-5-4-6(17-9(5)13)10(16)15-8-3-1-2-7(12)14-8/h1-4H,(H,14,15,16). The Hall–Kier alpha value is -0.240. The lowest BCUT2D eigenvalue weighted by molar-refractivity contribution is 0.103. The second-order valence-electron chi connectivity index (χ2n) is 3.03. The van der Waals surface area contributed by atoms with E-state index in [4.69, 9.17) is 0 Å². The quantitative estimate of drug-likeness (QED) is 0.689. The Morgan fingerprint density at radius 2 is 2.06 bits per heavy atom. The molecule has 0 aliphatic heterocycles. The molecule has 2 rings (SSSR count). The highest BCUT2D eigenvalue weighted by atomic mass is 79.9. The summed E-state index contributed by atoms with van der Waals surface area (Å²) < 4.78 is 2.45. The number of hydrogen-bond acceptors (Lipinski definition) is 3. The molecule has 2 heterocycles. The summed E-state index contributed by atoms with van der Waals surface area (Å²) in [7, 11) is 0. The molecule has 0 unspecified atom stereocenters. The van der Waals surface area contributed by atoms with Crippen molar-refractivity contribution in [2.45, 2.75) is 0 Å². The number of aromatic nitrogens is 1. The Balaban J connectivity index is 2.17. The van der Waals surface area contributed by atoms with E-state index >= 15 is 0 Å². The summed E-state index contributed by atoms with van der Waals surface area (Å²) in [5.41, 5.74) is 0. The highest BCUT2D eigenvalue weighted by Gasteiger charge is 2.12. The van der Waals surface area contributed by atoms with E-state index in [0.29, 0.717) is 15.3 Å². The minimum absolute atomic E-state index is 0.174. The number of rotatable bonds is 2. The molecule has 2 aromatic rings. The van der Waals surface area contributed by atoms with Gasteiger partial charge in [-0.2, -0.15) is 0 Å². The van der Waals surface area contributed by atoms with E-state index in [0.717, 1.165) is 8.26 Å². The molecule has 0 spiro atoms. The van der Waals surface area contributed by atoms with Gasteiger partial charge in [0.1, 0.15) is 10.4 Å². The Labute approximate surface area is 127 Å². The number of nitrogens with zero attached hydrogens (tertiary/aromatic N) is 1. The monoisotopic (exact) mass is 438 g/mol. The highest BCUT2D eigenvalue weighted by Crippen LogP contribution is 2.32. The lowest BCUT2D eigenvalue weighted by Gasteiger charge is -2.02. The van der Waals surface area contributed by atoms with Crippen molar-refractivity contribution in [3.8, 4) is 0 Å². The van der Waals surface area contributed by atoms with E-state index < -0.39 is 0 Å². The maximum atomic E-state index is 11.9. The van der Waals surface area contributed by atoms with Crippen LogP contribution in [0.5, 0.6) is 0 Å². The first kappa shape index (κ1) is 13.2. The van der Waals surface area contributed by atoms with Crippen LogP contribution in [0.1, 0.15) is 9.67 Å². The molecular weight excluding hydrogens is 436 g/mol. The van der Waals surface area contributed by atoms with Crippen LogP contribution in [-0.4, -0.2) is 10.9 Å². The molecule has 7 heteroatoms. The van der Waals surface area contributed by atoms with E-state index in [1.165, 1.54) is 11.3 Å². The number of pyridine rings is 1. The van der Waals surface area contributed by atoms with E-state index in [-0.39, 0.29) is 5.91 Å². The van der Waals surface area contributed by atoms with Gasteiger partial charge in [0.15, 0.2) is 0 Å². The summed E-state index contributed by atoms with van der Waals surface area (Å²) in [6, 6.07) is 7.11. The molecule has 2 aromatic heterocycles. The highest BCUT2D eigenvalue weighted by molar-refractivity contribution is 9.13. The minimum atomic E-state index is -0.174. The first-order chi connectivity index (χ1) is 8.06. The van der Waals surface area contributed by atoms with E-state index in [1.54, 1.807) is 18.2 Å². The van der Waals surface area contributed by atoms with Crippen LogP contribution in [0.3, 0.4) is 0 Å². The molecule has 1 amide bonds. The number of amides is 1. The largest absolute Gasteiger partial charge is 0.306 e. The number of hydrogen-bond donors (Lipinski definition) is 1. The summed E-state index contributed by atoms with van der Waals surface area (Å²) in [4.78, 5) is 16.6. The van der Waals surface area contributed by atoms with Crippen molar-refractivity contribution >= 4 is 70.9 Å². The number of carbonyl (C=O) groups is 1. The first-order valence-corrected chi connectivity index (χ1v) is 7.64. The summed E-state index contributed by atoms with van der Waals surface area (Å²) >= 11 is 11.3. The van der Waals surface area contributed by atoms with Crippen LogP contribution in [0, 0.1) is 0 Å². The number of nitrogens with one attached hydrogen (secondary N) is 1. The van der Waals surface area contributed by atoms with Crippen LogP contribution < -0.4 is 5.32 Å². The van der Waals surface area contributed by atoms with Crippen LogP contribution in [0.2, 0.25) is 0 Å². The fourth-order valence-electron chi connectivity index (χ4n) is 1.11. The van der Waals surface area contributed by atoms with E-state index in [9.17, 15) is 4.79 Å². The van der Waals surface area contributed by atoms with Crippen LogP contribution in [0.4, 0.5) is 5.82 Å². The maximum absolute atomic E-state index is 11.9. The Morgan fingerprint density at radius 1 is 1.29 bits per heavy atom. The lowest BCUT2D eigenvalue weighted by Crippen LogP contribution is -2.11. The van der Waals surface area contributed by atoms with Crippen molar-refractivity contribution in [2.24, 2.45) is 0 Å². The van der Waals surface area contributed by atoms with Gasteiger partial charge in [0.25, 0.3) is 5.91 Å². The van der Waals surface area contributed by atoms with Crippen LogP contribution in [0.25, 0.3) is 0 Å². The van der Waals surface area contributed by atoms with Gasteiger partial charge in [-0.25, -0.2) is 4.98 Å². The predicted molar refractivity (Wildman–Crippen MR) is 79.6 cm³/mol. The molecule has 0 aliphatic carbocycles.